The second-order valence-electron chi connectivity index (χ2n) is 15.8. The summed E-state index contributed by atoms with van der Waals surface area (Å²) in [6.07, 6.45) is 0. The Balaban J connectivity index is 0.000000248. The van der Waals surface area contributed by atoms with Crippen molar-refractivity contribution < 1.29 is 101 Å². The van der Waals surface area contributed by atoms with Gasteiger partial charge in [0.15, 0.2) is 0 Å². The molecule has 0 heterocycles. The summed E-state index contributed by atoms with van der Waals surface area (Å²) in [5, 5.41) is 7.83. The van der Waals surface area contributed by atoms with Gasteiger partial charge in [0.05, 0.1) is 50.4 Å². The van der Waals surface area contributed by atoms with E-state index in [0.29, 0.717) is 21.2 Å². The van der Waals surface area contributed by atoms with Crippen molar-refractivity contribution in [2.45, 2.75) is 0 Å². The quantitative estimate of drug-likeness (QED) is 0.100. The van der Waals surface area contributed by atoms with Gasteiger partial charge in [-0.05, 0) is 48.5 Å². The fourth-order valence-corrected chi connectivity index (χ4v) is 19.1. The van der Waals surface area contributed by atoms with Crippen LogP contribution in [0.3, 0.4) is 0 Å². The molecule has 0 atom stereocenters. The third-order valence-corrected chi connectivity index (χ3v) is 25.6. The van der Waals surface area contributed by atoms with Crippen molar-refractivity contribution >= 4 is 71.9 Å². The van der Waals surface area contributed by atoms with Gasteiger partial charge in [0.1, 0.15) is 0 Å². The molecule has 378 valence electrons. The van der Waals surface area contributed by atoms with E-state index in [0.717, 1.165) is 0 Å². The van der Waals surface area contributed by atoms with Crippen molar-refractivity contribution in [2.24, 2.45) is 0 Å². The fourth-order valence-electron chi connectivity index (χ4n) is 7.05. The molecule has 0 N–H and O–H groups in total. The van der Waals surface area contributed by atoms with Crippen LogP contribution < -0.4 is 70.4 Å². The molecule has 0 unspecified atom stereocenters. The van der Waals surface area contributed by atoms with E-state index in [-0.39, 0.29) is 44.8 Å². The Morgan fingerprint density at radius 2 is 0.443 bits per heavy atom. The first kappa shape index (κ1) is 61.5. The molecule has 0 bridgehead atoms. The van der Waals surface area contributed by atoms with E-state index in [9.17, 15) is 28.0 Å². The summed E-state index contributed by atoms with van der Waals surface area (Å²) in [4.78, 5) is 0. The van der Waals surface area contributed by atoms with Gasteiger partial charge in [-0.25, -0.2) is 0 Å². The molecule has 0 saturated carbocycles. The minimum atomic E-state index is -4.66. The number of halogens is 2. The Morgan fingerprint density at radius 3 is 0.586 bits per heavy atom. The zero-order chi connectivity index (χ0) is 49.4. The fraction of sp³-hybridized carbons (Fsp3) is 0.0370. The van der Waals surface area contributed by atoms with Crippen LogP contribution in [0.5, 0.6) is 0 Å². The van der Waals surface area contributed by atoms with Crippen LogP contribution in [0.2, 0.25) is 0 Å². The summed E-state index contributed by atoms with van der Waals surface area (Å²) in [5.74, 6) is 0. The van der Waals surface area contributed by atoms with Crippen molar-refractivity contribution in [3.05, 3.63) is 269 Å². The second kappa shape index (κ2) is 27.5. The van der Waals surface area contributed by atoms with Crippen LogP contribution in [0.1, 0.15) is 0 Å². The molecule has 8 aromatic rings. The molecule has 0 saturated heterocycles. The Labute approximate surface area is 452 Å². The van der Waals surface area contributed by atoms with Crippen LogP contribution in [-0.2, 0) is 52.9 Å². The van der Waals surface area contributed by atoms with Gasteiger partial charge < -0.3 is 0 Å². The average molecular weight is 1420 g/mol. The van der Waals surface area contributed by atoms with Gasteiger partial charge in [-0.15, -0.1) is 0 Å². The van der Waals surface area contributed by atoms with Crippen molar-refractivity contribution in [2.75, 3.05) is 13.3 Å². The van der Waals surface area contributed by atoms with Crippen LogP contribution in [0, 0.1) is 47.1 Å². The molecule has 8 aromatic carbocycles. The molecule has 0 aliphatic carbocycles. The van der Waals surface area contributed by atoms with E-state index in [1.54, 1.807) is 121 Å². The predicted octanol–water partition coefficient (Wildman–Crippen LogP) is 4.16. The summed E-state index contributed by atoms with van der Waals surface area (Å²) in [6.45, 7) is 12.4. The van der Waals surface area contributed by atoms with E-state index < -0.39 is 50.0 Å². The Bertz CT molecular complexity index is 2340. The number of hydrogen-bond acceptors (Lipinski definition) is 8. The summed E-state index contributed by atoms with van der Waals surface area (Å²) >= 11 is 0. The standard InChI is InChI=1S/2C14H14ClO4P.2C13H13P.2Au/c2*1-20(2,19-15(16,17)18,13-9-5-3-6-10-13)14-11-7-4-8-12-14;2*1-14(12-8-4-2-5-9-12)13-10-6-3-7-11-13;;/h2*3-12H,1-2H2;2*2-11H,1H3;;/q2*-2;;;;/p+2. The minimum absolute atomic E-state index is 0. The van der Waals surface area contributed by atoms with Crippen LogP contribution in [-0.4, -0.2) is 13.3 Å². The van der Waals surface area contributed by atoms with Gasteiger partial charge in [-0.1, -0.05) is 72.8 Å². The third-order valence-electron chi connectivity index (χ3n) is 10.8. The predicted molar refractivity (Wildman–Crippen MR) is 275 cm³/mol. The van der Waals surface area contributed by atoms with Crippen molar-refractivity contribution in [1.29, 1.82) is 0 Å². The topological polar surface area (TPSA) is 157 Å². The van der Waals surface area contributed by atoms with Gasteiger partial charge in [0, 0.05) is 44.8 Å². The zero-order valence-corrected chi connectivity index (χ0v) is 48.1. The monoisotopic (exact) mass is 1420 g/mol. The van der Waals surface area contributed by atoms with Gasteiger partial charge in [-0.3, -0.25) is 0 Å². The van der Waals surface area contributed by atoms with Crippen molar-refractivity contribution in [3.63, 3.8) is 0 Å². The van der Waals surface area contributed by atoms with E-state index >= 15 is 0 Å². The first-order chi connectivity index (χ1) is 32.2. The van der Waals surface area contributed by atoms with Crippen LogP contribution in [0.4, 0.5) is 0 Å². The number of hydrogen-bond donors (Lipinski definition) is 0. The number of benzene rings is 8. The Kier molecular flexibility index (Phi) is 24.2. The normalized spacial score (nSPS) is 12.5. The molecule has 0 aliphatic heterocycles. The SMILES string of the molecule is C[PH+](c1ccccc1)c1ccccc1.C[PH+](c1ccccc1)c1ccccc1.[Au].[Au].[CH2-]P([CH2-])(O[Cl+3]([O-])([O-])[O-])(c1ccccc1)c1ccccc1.[CH2-]P([CH2-])(O[Cl+3]([O-])([O-])[O-])(c1ccccc1)c1ccccc1. The van der Waals surface area contributed by atoms with Crippen LogP contribution >= 0.6 is 29.5 Å². The molecule has 0 aliphatic rings. The zero-order valence-electron chi connectivity index (χ0n) is 38.4. The van der Waals surface area contributed by atoms with E-state index in [1.807, 2.05) is 0 Å². The van der Waals surface area contributed by atoms with Crippen LogP contribution in [0.25, 0.3) is 0 Å². The molecule has 70 heavy (non-hydrogen) atoms. The van der Waals surface area contributed by atoms with Gasteiger partial charge in [0.2, 0.25) is 0 Å². The van der Waals surface area contributed by atoms with Crippen LogP contribution in [0.15, 0.2) is 243 Å². The van der Waals surface area contributed by atoms with Crippen molar-refractivity contribution in [1.82, 2.24) is 0 Å². The average Bonchev–Trinajstić information content (AvgIpc) is 3.35. The maximum atomic E-state index is 11.1. The first-order valence-electron chi connectivity index (χ1n) is 21.0. The third kappa shape index (κ3) is 17.7. The van der Waals surface area contributed by atoms with Gasteiger partial charge >= 0.3 is 239 Å². The molecule has 8 rings (SSSR count). The summed E-state index contributed by atoms with van der Waals surface area (Å²) in [6, 6.07) is 77.1. The molecular formula is C54H56Au2Cl2O8P4-2. The molecule has 0 amide bonds. The summed E-state index contributed by atoms with van der Waals surface area (Å²) in [7, 11) is -10.4. The maximum absolute atomic E-state index is 11.1. The molecule has 0 aromatic heterocycles. The van der Waals surface area contributed by atoms with E-state index in [4.69, 9.17) is 8.15 Å². The molecule has 0 fully saturated rings. The van der Waals surface area contributed by atoms with Crippen molar-refractivity contribution in [3.8, 4) is 0 Å². The molecule has 16 heteroatoms. The molecular weight excluding hydrogens is 1370 g/mol. The van der Waals surface area contributed by atoms with E-state index in [1.165, 1.54) is 21.2 Å². The summed E-state index contributed by atoms with van der Waals surface area (Å²) < 4.78 is 76.6. The second-order valence-corrected chi connectivity index (χ2v) is 30.9. The molecule has 0 spiro atoms. The summed E-state index contributed by atoms with van der Waals surface area (Å²) in [5.41, 5.74) is 0. The number of rotatable bonds is 12. The Hall–Kier alpha value is -2.78. The van der Waals surface area contributed by atoms with Gasteiger partial charge in [0.25, 0.3) is 0 Å². The Morgan fingerprint density at radius 1 is 0.300 bits per heavy atom. The molecule has 8 nitrogen and oxygen atoms in total. The van der Waals surface area contributed by atoms with E-state index in [2.05, 4.69) is 161 Å². The first-order valence-corrected chi connectivity index (χ1v) is 32.6. The molecule has 2 radical (unpaired) electrons. The van der Waals surface area contributed by atoms with Gasteiger partial charge in [-0.2, -0.15) is 0 Å².